The Kier molecular flexibility index (Phi) is 4.97. The summed E-state index contributed by atoms with van der Waals surface area (Å²) in [5.41, 5.74) is -0.496. The van der Waals surface area contributed by atoms with Gasteiger partial charge in [0.25, 0.3) is 0 Å². The lowest BCUT2D eigenvalue weighted by Gasteiger charge is -2.24. The third kappa shape index (κ3) is 4.84. The molecular weight excluding hydrogens is 336 g/mol. The summed E-state index contributed by atoms with van der Waals surface area (Å²) in [6.07, 6.45) is 5.50. The highest BCUT2D eigenvalue weighted by Crippen LogP contribution is 2.21. The number of ether oxygens (including phenoxy) is 2. The molecule has 0 bridgehead atoms. The number of aromatic nitrogens is 4. The highest BCUT2D eigenvalue weighted by atomic mass is 16.6. The van der Waals surface area contributed by atoms with Gasteiger partial charge < -0.3 is 19.7 Å². The van der Waals surface area contributed by atoms with Crippen LogP contribution in [-0.4, -0.2) is 55.5 Å². The van der Waals surface area contributed by atoms with Crippen LogP contribution in [0.4, 0.5) is 10.7 Å². The summed E-state index contributed by atoms with van der Waals surface area (Å²) < 4.78 is 12.7. The zero-order valence-electron chi connectivity index (χ0n) is 15.5. The number of amides is 1. The van der Waals surface area contributed by atoms with Gasteiger partial charge in [0.15, 0.2) is 5.75 Å². The normalized spacial score (nSPS) is 17.2. The van der Waals surface area contributed by atoms with Crippen molar-refractivity contribution in [2.75, 3.05) is 18.4 Å². The van der Waals surface area contributed by atoms with E-state index in [1.54, 1.807) is 34.2 Å². The first-order valence-electron chi connectivity index (χ1n) is 8.52. The van der Waals surface area contributed by atoms with Crippen molar-refractivity contribution in [3.8, 4) is 11.6 Å². The summed E-state index contributed by atoms with van der Waals surface area (Å²) in [5, 5.41) is 7.30. The molecule has 0 saturated carbocycles. The van der Waals surface area contributed by atoms with Crippen molar-refractivity contribution in [3.05, 3.63) is 24.7 Å². The SMILES string of the molecule is Cn1cc(Oc2ccnc(N[C@@H]3CCN(C(=O)OC(C)(C)C)C3)n2)cn1. The lowest BCUT2D eigenvalue weighted by atomic mass is 10.2. The summed E-state index contributed by atoms with van der Waals surface area (Å²) in [4.78, 5) is 22.4. The Morgan fingerprint density at radius 2 is 2.19 bits per heavy atom. The highest BCUT2D eigenvalue weighted by molar-refractivity contribution is 5.68. The van der Waals surface area contributed by atoms with E-state index in [2.05, 4.69) is 20.4 Å². The van der Waals surface area contributed by atoms with Crippen LogP contribution < -0.4 is 10.1 Å². The topological polar surface area (TPSA) is 94.4 Å². The van der Waals surface area contributed by atoms with Gasteiger partial charge in [0.1, 0.15) is 5.60 Å². The number of rotatable bonds is 4. The number of hydrogen-bond donors (Lipinski definition) is 1. The zero-order chi connectivity index (χ0) is 18.7. The van der Waals surface area contributed by atoms with E-state index >= 15 is 0 Å². The molecular formula is C17H24N6O3. The largest absolute Gasteiger partial charge is 0.444 e. The molecule has 0 radical (unpaired) electrons. The molecule has 3 rings (SSSR count). The lowest BCUT2D eigenvalue weighted by molar-refractivity contribution is 0.0293. The van der Waals surface area contributed by atoms with Gasteiger partial charge in [-0.05, 0) is 27.2 Å². The average molecular weight is 360 g/mol. The molecule has 1 atom stereocenters. The maximum atomic E-state index is 12.1. The fourth-order valence-electron chi connectivity index (χ4n) is 2.59. The second kappa shape index (κ2) is 7.19. The van der Waals surface area contributed by atoms with Crippen LogP contribution >= 0.6 is 0 Å². The minimum absolute atomic E-state index is 0.0659. The number of nitrogens with zero attached hydrogens (tertiary/aromatic N) is 5. The van der Waals surface area contributed by atoms with Crippen LogP contribution in [-0.2, 0) is 11.8 Å². The molecule has 0 unspecified atom stereocenters. The fraction of sp³-hybridized carbons (Fsp3) is 0.529. The fourth-order valence-corrected chi connectivity index (χ4v) is 2.59. The van der Waals surface area contributed by atoms with Crippen LogP contribution in [0.15, 0.2) is 24.7 Å². The Labute approximate surface area is 152 Å². The molecule has 9 heteroatoms. The number of carbonyl (C=O) groups is 1. The van der Waals surface area contributed by atoms with Gasteiger partial charge >= 0.3 is 6.09 Å². The summed E-state index contributed by atoms with van der Waals surface area (Å²) in [6, 6.07) is 1.75. The molecule has 9 nitrogen and oxygen atoms in total. The number of hydrogen-bond acceptors (Lipinski definition) is 7. The number of nitrogens with one attached hydrogen (secondary N) is 1. The van der Waals surface area contributed by atoms with Crippen molar-refractivity contribution in [3.63, 3.8) is 0 Å². The van der Waals surface area contributed by atoms with Crippen molar-refractivity contribution >= 4 is 12.0 Å². The Hall–Kier alpha value is -2.84. The van der Waals surface area contributed by atoms with E-state index in [0.717, 1.165) is 6.42 Å². The monoisotopic (exact) mass is 360 g/mol. The molecule has 2 aromatic rings. The molecule has 1 aliphatic rings. The van der Waals surface area contributed by atoms with Crippen molar-refractivity contribution in [1.29, 1.82) is 0 Å². The summed E-state index contributed by atoms with van der Waals surface area (Å²) in [7, 11) is 1.82. The van der Waals surface area contributed by atoms with E-state index in [1.807, 2.05) is 27.8 Å². The molecule has 2 aromatic heterocycles. The van der Waals surface area contributed by atoms with E-state index in [4.69, 9.17) is 9.47 Å². The summed E-state index contributed by atoms with van der Waals surface area (Å²) >= 11 is 0. The van der Waals surface area contributed by atoms with Gasteiger partial charge in [-0.25, -0.2) is 9.78 Å². The molecule has 1 amide bonds. The van der Waals surface area contributed by atoms with E-state index in [9.17, 15) is 4.79 Å². The van der Waals surface area contributed by atoms with Crippen LogP contribution in [0.1, 0.15) is 27.2 Å². The van der Waals surface area contributed by atoms with Gasteiger partial charge in [0.2, 0.25) is 11.8 Å². The molecule has 140 valence electrons. The van der Waals surface area contributed by atoms with Crippen molar-refractivity contribution in [1.82, 2.24) is 24.6 Å². The van der Waals surface area contributed by atoms with Crippen molar-refractivity contribution in [2.24, 2.45) is 7.05 Å². The van der Waals surface area contributed by atoms with Gasteiger partial charge in [-0.3, -0.25) is 4.68 Å². The average Bonchev–Trinajstić information content (AvgIpc) is 3.15. The van der Waals surface area contributed by atoms with Gasteiger partial charge in [-0.1, -0.05) is 0 Å². The summed E-state index contributed by atoms with van der Waals surface area (Å²) in [6.45, 7) is 6.76. The van der Waals surface area contributed by atoms with Crippen LogP contribution in [0.2, 0.25) is 0 Å². The van der Waals surface area contributed by atoms with Gasteiger partial charge in [-0.15, -0.1) is 0 Å². The lowest BCUT2D eigenvalue weighted by Crippen LogP contribution is -2.36. The molecule has 0 aliphatic carbocycles. The molecule has 26 heavy (non-hydrogen) atoms. The van der Waals surface area contributed by atoms with Gasteiger partial charge in [0, 0.05) is 38.4 Å². The van der Waals surface area contributed by atoms with E-state index in [1.165, 1.54) is 0 Å². The second-order valence-electron chi connectivity index (χ2n) is 7.23. The Bertz CT molecular complexity index is 770. The predicted octanol–water partition coefficient (Wildman–Crippen LogP) is 2.42. The zero-order valence-corrected chi connectivity index (χ0v) is 15.5. The Balaban J connectivity index is 1.56. The summed E-state index contributed by atoms with van der Waals surface area (Å²) in [5.74, 6) is 1.49. The minimum Gasteiger partial charge on any atom is -0.444 e. The molecule has 0 aromatic carbocycles. The number of anilines is 1. The van der Waals surface area contributed by atoms with E-state index < -0.39 is 5.60 Å². The van der Waals surface area contributed by atoms with Crippen LogP contribution in [0.3, 0.4) is 0 Å². The first-order valence-corrected chi connectivity index (χ1v) is 8.52. The predicted molar refractivity (Wildman–Crippen MR) is 95.1 cm³/mol. The van der Waals surface area contributed by atoms with Gasteiger partial charge in [-0.2, -0.15) is 10.1 Å². The highest BCUT2D eigenvalue weighted by Gasteiger charge is 2.30. The molecule has 1 aliphatic heterocycles. The van der Waals surface area contributed by atoms with Gasteiger partial charge in [0.05, 0.1) is 12.4 Å². The maximum Gasteiger partial charge on any atom is 0.410 e. The maximum absolute atomic E-state index is 12.1. The Morgan fingerprint density at radius 3 is 2.88 bits per heavy atom. The molecule has 1 fully saturated rings. The van der Waals surface area contributed by atoms with Crippen molar-refractivity contribution < 1.29 is 14.3 Å². The van der Waals surface area contributed by atoms with Crippen molar-refractivity contribution in [2.45, 2.75) is 38.8 Å². The molecule has 0 spiro atoms. The standard InChI is InChI=1S/C17H24N6O3/c1-17(2,3)26-16(24)23-8-6-12(10-23)20-15-18-7-5-14(21-15)25-13-9-19-22(4)11-13/h5,7,9,11-12H,6,8,10H2,1-4H3,(H,18,20,21)/t12-/m1/s1. The third-order valence-electron chi connectivity index (χ3n) is 3.71. The molecule has 1 N–H and O–H groups in total. The number of likely N-dealkylation sites (tertiary alicyclic amines) is 1. The van der Waals surface area contributed by atoms with E-state index in [-0.39, 0.29) is 12.1 Å². The molecule has 1 saturated heterocycles. The minimum atomic E-state index is -0.496. The first kappa shape index (κ1) is 18.0. The van der Waals surface area contributed by atoms with Crippen LogP contribution in [0, 0.1) is 0 Å². The third-order valence-corrected chi connectivity index (χ3v) is 3.71. The molecule has 3 heterocycles. The quantitative estimate of drug-likeness (QED) is 0.895. The number of carbonyl (C=O) groups excluding carboxylic acids is 1. The number of aryl methyl sites for hydroxylation is 1. The van der Waals surface area contributed by atoms with Crippen LogP contribution in [0.5, 0.6) is 11.6 Å². The second-order valence-corrected chi connectivity index (χ2v) is 7.23. The Morgan fingerprint density at radius 1 is 1.38 bits per heavy atom. The van der Waals surface area contributed by atoms with E-state index in [0.29, 0.717) is 30.7 Å². The first-order chi connectivity index (χ1) is 12.3. The van der Waals surface area contributed by atoms with Crippen LogP contribution in [0.25, 0.3) is 0 Å². The smallest absolute Gasteiger partial charge is 0.410 e.